The van der Waals surface area contributed by atoms with Crippen molar-refractivity contribution in [3.63, 3.8) is 0 Å². The minimum absolute atomic E-state index is 0.0532. The van der Waals surface area contributed by atoms with Crippen molar-refractivity contribution in [1.29, 1.82) is 0 Å². The number of carbonyl (C=O) groups excluding carboxylic acids is 2. The van der Waals surface area contributed by atoms with Crippen LogP contribution in [0.15, 0.2) is 54.6 Å². The normalized spacial score (nSPS) is 20.0. The molecular weight excluding hydrogens is 376 g/mol. The van der Waals surface area contributed by atoms with Crippen molar-refractivity contribution >= 4 is 11.8 Å². The van der Waals surface area contributed by atoms with Crippen LogP contribution in [-0.4, -0.2) is 49.6 Å². The maximum atomic E-state index is 12.8. The Bertz CT molecular complexity index is 844. The van der Waals surface area contributed by atoms with Gasteiger partial charge in [-0.3, -0.25) is 9.59 Å². The van der Waals surface area contributed by atoms with Crippen LogP contribution in [0.4, 0.5) is 0 Å². The van der Waals surface area contributed by atoms with Gasteiger partial charge in [0.15, 0.2) is 0 Å². The molecule has 30 heavy (non-hydrogen) atoms. The highest BCUT2D eigenvalue weighted by Crippen LogP contribution is 2.23. The Morgan fingerprint density at radius 2 is 1.63 bits per heavy atom. The van der Waals surface area contributed by atoms with Crippen LogP contribution >= 0.6 is 0 Å². The quantitative estimate of drug-likeness (QED) is 0.823. The largest absolute Gasteiger partial charge is 0.381 e. The van der Waals surface area contributed by atoms with Crippen molar-refractivity contribution in [2.24, 2.45) is 11.8 Å². The molecule has 0 aliphatic carbocycles. The lowest BCUT2D eigenvalue weighted by molar-refractivity contribution is -0.140. The Kier molecular flexibility index (Phi) is 6.80. The lowest BCUT2D eigenvalue weighted by atomic mass is 9.93. The average Bonchev–Trinajstić information content (AvgIpc) is 2.83. The Balaban J connectivity index is 1.28. The topological polar surface area (TPSA) is 58.6 Å². The minimum Gasteiger partial charge on any atom is -0.381 e. The average molecular weight is 407 g/mol. The van der Waals surface area contributed by atoms with Crippen LogP contribution in [0, 0.1) is 11.8 Å². The number of nitrogens with zero attached hydrogens (tertiary/aromatic N) is 1. The summed E-state index contributed by atoms with van der Waals surface area (Å²) in [6.07, 6.45) is 3.71. The van der Waals surface area contributed by atoms with Crippen LogP contribution in [-0.2, 0) is 9.53 Å². The van der Waals surface area contributed by atoms with Gasteiger partial charge in [0.25, 0.3) is 5.91 Å². The fraction of sp³-hybridized carbons (Fsp3) is 0.440. The van der Waals surface area contributed by atoms with Gasteiger partial charge >= 0.3 is 0 Å². The van der Waals surface area contributed by atoms with Crippen molar-refractivity contribution < 1.29 is 14.3 Å². The molecule has 5 nitrogen and oxygen atoms in total. The summed E-state index contributed by atoms with van der Waals surface area (Å²) in [5, 5.41) is 3.07. The molecule has 158 valence electrons. The van der Waals surface area contributed by atoms with E-state index in [0.29, 0.717) is 31.2 Å². The molecule has 0 aromatic heterocycles. The summed E-state index contributed by atoms with van der Waals surface area (Å²) in [6.45, 7) is 3.56. The SMILES string of the molecule is O=C(NCC1CCCN(C(=O)C2CCOCC2)C1)c1ccc(-c2ccccc2)cc1. The minimum atomic E-state index is -0.0532. The van der Waals surface area contributed by atoms with Gasteiger partial charge in [0.2, 0.25) is 5.91 Å². The molecule has 0 saturated carbocycles. The molecule has 1 N–H and O–H groups in total. The molecule has 1 unspecified atom stereocenters. The standard InChI is InChI=1S/C25H30N2O3/c28-24(22-10-8-21(9-11-22)20-6-2-1-3-7-20)26-17-19-5-4-14-27(18-19)25(29)23-12-15-30-16-13-23/h1-3,6-11,19,23H,4-5,12-18H2,(H,26,28). The smallest absolute Gasteiger partial charge is 0.251 e. The third-order valence-electron chi connectivity index (χ3n) is 6.21. The van der Waals surface area contributed by atoms with Crippen molar-refractivity contribution in [2.75, 3.05) is 32.8 Å². The van der Waals surface area contributed by atoms with E-state index in [1.807, 2.05) is 47.4 Å². The Labute approximate surface area is 178 Å². The molecule has 4 rings (SSSR count). The van der Waals surface area contributed by atoms with E-state index in [1.165, 1.54) is 0 Å². The summed E-state index contributed by atoms with van der Waals surface area (Å²) >= 11 is 0. The monoisotopic (exact) mass is 406 g/mol. The van der Waals surface area contributed by atoms with Crippen LogP contribution in [0.5, 0.6) is 0 Å². The highest BCUT2D eigenvalue weighted by Gasteiger charge is 2.30. The number of ether oxygens (including phenoxy) is 1. The van der Waals surface area contributed by atoms with Crippen LogP contribution in [0.3, 0.4) is 0 Å². The maximum absolute atomic E-state index is 12.8. The molecular formula is C25H30N2O3. The van der Waals surface area contributed by atoms with Gasteiger partial charge in [-0.05, 0) is 54.9 Å². The fourth-order valence-electron chi connectivity index (χ4n) is 4.42. The van der Waals surface area contributed by atoms with Gasteiger partial charge in [0.1, 0.15) is 0 Å². The molecule has 2 saturated heterocycles. The number of amides is 2. The molecule has 1 atom stereocenters. The molecule has 5 heteroatoms. The van der Waals surface area contributed by atoms with E-state index in [-0.39, 0.29) is 17.7 Å². The van der Waals surface area contributed by atoms with E-state index < -0.39 is 0 Å². The molecule has 2 amide bonds. The summed E-state index contributed by atoms with van der Waals surface area (Å²) in [7, 11) is 0. The molecule has 2 fully saturated rings. The predicted molar refractivity (Wildman–Crippen MR) is 117 cm³/mol. The van der Waals surface area contributed by atoms with Gasteiger partial charge in [-0.2, -0.15) is 0 Å². The van der Waals surface area contributed by atoms with E-state index >= 15 is 0 Å². The van der Waals surface area contributed by atoms with E-state index in [2.05, 4.69) is 17.4 Å². The highest BCUT2D eigenvalue weighted by molar-refractivity contribution is 5.94. The van der Waals surface area contributed by atoms with Crippen molar-refractivity contribution in [3.8, 4) is 11.1 Å². The van der Waals surface area contributed by atoms with E-state index in [0.717, 1.165) is 49.9 Å². The van der Waals surface area contributed by atoms with Crippen molar-refractivity contribution in [3.05, 3.63) is 60.2 Å². The Morgan fingerprint density at radius 1 is 0.933 bits per heavy atom. The second kappa shape index (κ2) is 9.90. The van der Waals surface area contributed by atoms with Crippen LogP contribution in [0.25, 0.3) is 11.1 Å². The number of hydrogen-bond acceptors (Lipinski definition) is 3. The van der Waals surface area contributed by atoms with Crippen LogP contribution in [0.1, 0.15) is 36.0 Å². The third kappa shape index (κ3) is 5.08. The lowest BCUT2D eigenvalue weighted by Gasteiger charge is -2.36. The molecule has 2 aliphatic rings. The molecule has 2 aromatic carbocycles. The first-order valence-corrected chi connectivity index (χ1v) is 11.0. The van der Waals surface area contributed by atoms with E-state index in [1.54, 1.807) is 0 Å². The van der Waals surface area contributed by atoms with Gasteiger partial charge < -0.3 is 15.0 Å². The number of nitrogens with one attached hydrogen (secondary N) is 1. The Morgan fingerprint density at radius 3 is 2.37 bits per heavy atom. The highest BCUT2D eigenvalue weighted by atomic mass is 16.5. The lowest BCUT2D eigenvalue weighted by Crippen LogP contribution is -2.46. The zero-order valence-electron chi connectivity index (χ0n) is 17.4. The zero-order chi connectivity index (χ0) is 20.8. The van der Waals surface area contributed by atoms with Crippen molar-refractivity contribution in [2.45, 2.75) is 25.7 Å². The third-order valence-corrected chi connectivity index (χ3v) is 6.21. The second-order valence-corrected chi connectivity index (χ2v) is 8.33. The number of hydrogen-bond donors (Lipinski definition) is 1. The number of rotatable bonds is 5. The fourth-order valence-corrected chi connectivity index (χ4v) is 4.42. The van der Waals surface area contributed by atoms with E-state index in [4.69, 9.17) is 4.74 Å². The second-order valence-electron chi connectivity index (χ2n) is 8.33. The summed E-state index contributed by atoms with van der Waals surface area (Å²) < 4.78 is 5.38. The predicted octanol–water partition coefficient (Wildman–Crippen LogP) is 3.75. The number of carbonyl (C=O) groups is 2. The summed E-state index contributed by atoms with van der Waals surface area (Å²) in [6, 6.07) is 17.9. The Hall–Kier alpha value is -2.66. The summed E-state index contributed by atoms with van der Waals surface area (Å²) in [5.74, 6) is 0.638. The van der Waals surface area contributed by atoms with Crippen molar-refractivity contribution in [1.82, 2.24) is 10.2 Å². The summed E-state index contributed by atoms with van der Waals surface area (Å²) in [5.41, 5.74) is 2.91. The summed E-state index contributed by atoms with van der Waals surface area (Å²) in [4.78, 5) is 27.4. The first-order chi connectivity index (χ1) is 14.7. The zero-order valence-corrected chi connectivity index (χ0v) is 17.4. The molecule has 0 bridgehead atoms. The number of likely N-dealkylation sites (tertiary alicyclic amines) is 1. The van der Waals surface area contributed by atoms with Gasteiger partial charge in [-0.1, -0.05) is 42.5 Å². The molecule has 2 aromatic rings. The van der Waals surface area contributed by atoms with Gasteiger partial charge in [0, 0.05) is 44.3 Å². The van der Waals surface area contributed by atoms with E-state index in [9.17, 15) is 9.59 Å². The van der Waals surface area contributed by atoms with Gasteiger partial charge in [-0.15, -0.1) is 0 Å². The number of benzene rings is 2. The van der Waals surface area contributed by atoms with Gasteiger partial charge in [0.05, 0.1) is 0 Å². The first-order valence-electron chi connectivity index (χ1n) is 11.0. The first kappa shape index (κ1) is 20.6. The van der Waals surface area contributed by atoms with Crippen LogP contribution < -0.4 is 5.32 Å². The number of piperidine rings is 1. The molecule has 0 radical (unpaired) electrons. The molecule has 2 heterocycles. The molecule has 2 aliphatic heterocycles. The van der Waals surface area contributed by atoms with Gasteiger partial charge in [-0.25, -0.2) is 0 Å². The molecule has 0 spiro atoms. The maximum Gasteiger partial charge on any atom is 0.251 e. The van der Waals surface area contributed by atoms with Crippen LogP contribution in [0.2, 0.25) is 0 Å².